The third-order valence-electron chi connectivity index (χ3n) is 2.47. The van der Waals surface area contributed by atoms with Crippen LogP contribution in [0.4, 0.5) is 13.2 Å². The van der Waals surface area contributed by atoms with Crippen LogP contribution in [-0.4, -0.2) is 46.2 Å². The standard InChI is InChI=1S/C10H15F3N2OS2/c1-7(8(16)14-6-10(11,12)13)18-9(17)15-4-2-3-5-15/h7H,2-6H2,1H3,(H,14,16). The van der Waals surface area contributed by atoms with Gasteiger partial charge in [0.2, 0.25) is 5.91 Å². The Bertz CT molecular complexity index is 317. The second-order valence-electron chi connectivity index (χ2n) is 4.05. The molecule has 0 aromatic rings. The molecule has 1 aliphatic heterocycles. The van der Waals surface area contributed by atoms with E-state index in [0.29, 0.717) is 4.32 Å². The molecular weight excluding hydrogens is 285 g/mol. The maximum Gasteiger partial charge on any atom is 0.405 e. The third-order valence-corrected chi connectivity index (χ3v) is 4.05. The van der Waals surface area contributed by atoms with Crippen molar-refractivity contribution in [3.05, 3.63) is 0 Å². The Morgan fingerprint density at radius 2 is 2.00 bits per heavy atom. The van der Waals surface area contributed by atoms with Gasteiger partial charge in [0.15, 0.2) is 0 Å². The van der Waals surface area contributed by atoms with Crippen molar-refractivity contribution in [2.75, 3.05) is 19.6 Å². The van der Waals surface area contributed by atoms with E-state index in [1.807, 2.05) is 10.2 Å². The lowest BCUT2D eigenvalue weighted by Crippen LogP contribution is -2.39. The molecule has 1 fully saturated rings. The summed E-state index contributed by atoms with van der Waals surface area (Å²) in [5.74, 6) is -0.640. The van der Waals surface area contributed by atoms with E-state index < -0.39 is 23.9 Å². The average Bonchev–Trinajstić information content (AvgIpc) is 2.77. The van der Waals surface area contributed by atoms with Gasteiger partial charge in [-0.25, -0.2) is 0 Å². The summed E-state index contributed by atoms with van der Waals surface area (Å²) in [6, 6.07) is 0. The summed E-state index contributed by atoms with van der Waals surface area (Å²) in [6.45, 7) is 1.98. The summed E-state index contributed by atoms with van der Waals surface area (Å²) >= 11 is 6.29. The average molecular weight is 300 g/mol. The first-order chi connectivity index (χ1) is 8.29. The molecule has 0 aromatic carbocycles. The van der Waals surface area contributed by atoms with Crippen LogP contribution in [0.15, 0.2) is 0 Å². The van der Waals surface area contributed by atoms with Crippen LogP contribution >= 0.6 is 24.0 Å². The quantitative estimate of drug-likeness (QED) is 0.810. The highest BCUT2D eigenvalue weighted by atomic mass is 32.2. The van der Waals surface area contributed by atoms with Crippen molar-refractivity contribution in [2.24, 2.45) is 0 Å². The van der Waals surface area contributed by atoms with Crippen LogP contribution in [0.5, 0.6) is 0 Å². The van der Waals surface area contributed by atoms with Crippen molar-refractivity contribution in [1.29, 1.82) is 0 Å². The van der Waals surface area contributed by atoms with Gasteiger partial charge in [-0.2, -0.15) is 13.2 Å². The fourth-order valence-electron chi connectivity index (χ4n) is 1.51. The van der Waals surface area contributed by atoms with Gasteiger partial charge >= 0.3 is 6.18 Å². The molecule has 3 nitrogen and oxygen atoms in total. The molecule has 0 bridgehead atoms. The minimum atomic E-state index is -4.38. The molecule has 1 N–H and O–H groups in total. The van der Waals surface area contributed by atoms with Gasteiger partial charge in [-0.3, -0.25) is 4.79 Å². The molecule has 0 aromatic heterocycles. The van der Waals surface area contributed by atoms with Gasteiger partial charge in [-0.1, -0.05) is 24.0 Å². The van der Waals surface area contributed by atoms with Crippen molar-refractivity contribution in [2.45, 2.75) is 31.2 Å². The fraction of sp³-hybridized carbons (Fsp3) is 0.800. The highest BCUT2D eigenvalue weighted by Crippen LogP contribution is 2.20. The number of nitrogens with one attached hydrogen (secondary N) is 1. The Kier molecular flexibility index (Phi) is 5.71. The van der Waals surface area contributed by atoms with E-state index in [2.05, 4.69) is 0 Å². The second kappa shape index (κ2) is 6.60. The zero-order valence-corrected chi connectivity index (χ0v) is 11.6. The first kappa shape index (κ1) is 15.6. The zero-order chi connectivity index (χ0) is 13.8. The molecule has 1 unspecified atom stereocenters. The number of rotatable bonds is 3. The molecule has 1 amide bonds. The van der Waals surface area contributed by atoms with E-state index in [0.717, 1.165) is 37.7 Å². The summed E-state index contributed by atoms with van der Waals surface area (Å²) in [5.41, 5.74) is 0. The highest BCUT2D eigenvalue weighted by Gasteiger charge is 2.29. The molecule has 0 radical (unpaired) electrons. The summed E-state index contributed by atoms with van der Waals surface area (Å²) in [6.07, 6.45) is -2.25. The van der Waals surface area contributed by atoms with Crippen LogP contribution < -0.4 is 5.32 Å². The van der Waals surface area contributed by atoms with Gasteiger partial charge in [-0.05, 0) is 19.8 Å². The van der Waals surface area contributed by atoms with E-state index in [-0.39, 0.29) is 0 Å². The summed E-state index contributed by atoms with van der Waals surface area (Å²) in [5, 5.41) is 1.24. The Morgan fingerprint density at radius 1 is 1.44 bits per heavy atom. The summed E-state index contributed by atoms with van der Waals surface area (Å²) < 4.78 is 36.4. The van der Waals surface area contributed by atoms with Crippen molar-refractivity contribution < 1.29 is 18.0 Å². The molecule has 104 valence electrons. The predicted molar refractivity (Wildman–Crippen MR) is 69.5 cm³/mol. The van der Waals surface area contributed by atoms with Crippen LogP contribution in [-0.2, 0) is 4.79 Å². The van der Waals surface area contributed by atoms with Crippen LogP contribution in [0.25, 0.3) is 0 Å². The van der Waals surface area contributed by atoms with E-state index >= 15 is 0 Å². The molecule has 1 atom stereocenters. The van der Waals surface area contributed by atoms with Crippen LogP contribution in [0.3, 0.4) is 0 Å². The van der Waals surface area contributed by atoms with Crippen molar-refractivity contribution in [3.63, 3.8) is 0 Å². The van der Waals surface area contributed by atoms with Crippen LogP contribution in [0.2, 0.25) is 0 Å². The smallest absolute Gasteiger partial charge is 0.358 e. The first-order valence-corrected chi connectivity index (χ1v) is 6.88. The molecule has 0 spiro atoms. The summed E-state index contributed by atoms with van der Waals surface area (Å²) in [4.78, 5) is 13.4. The molecule has 1 heterocycles. The molecule has 1 aliphatic rings. The number of hydrogen-bond acceptors (Lipinski definition) is 3. The number of amides is 1. The third kappa shape index (κ3) is 5.43. The van der Waals surface area contributed by atoms with E-state index in [4.69, 9.17) is 12.2 Å². The van der Waals surface area contributed by atoms with Crippen LogP contribution in [0.1, 0.15) is 19.8 Å². The number of halogens is 3. The molecule has 0 aliphatic carbocycles. The van der Waals surface area contributed by atoms with Gasteiger partial charge in [-0.15, -0.1) is 0 Å². The lowest BCUT2D eigenvalue weighted by molar-refractivity contribution is -0.137. The molecule has 1 saturated heterocycles. The Hall–Kier alpha value is -0.500. The Balaban J connectivity index is 2.32. The van der Waals surface area contributed by atoms with Crippen molar-refractivity contribution in [1.82, 2.24) is 10.2 Å². The Labute approximate surface area is 113 Å². The van der Waals surface area contributed by atoms with Gasteiger partial charge < -0.3 is 10.2 Å². The van der Waals surface area contributed by atoms with Gasteiger partial charge in [0.25, 0.3) is 0 Å². The molecule has 0 saturated carbocycles. The monoisotopic (exact) mass is 300 g/mol. The first-order valence-electron chi connectivity index (χ1n) is 5.59. The number of alkyl halides is 3. The largest absolute Gasteiger partial charge is 0.405 e. The summed E-state index contributed by atoms with van der Waals surface area (Å²) in [7, 11) is 0. The lowest BCUT2D eigenvalue weighted by atomic mass is 10.4. The minimum Gasteiger partial charge on any atom is -0.358 e. The zero-order valence-electron chi connectivity index (χ0n) is 9.92. The molecule has 8 heteroatoms. The van der Waals surface area contributed by atoms with Crippen molar-refractivity contribution >= 4 is 34.2 Å². The molecule has 1 rings (SSSR count). The molecular formula is C10H15F3N2OS2. The number of nitrogens with zero attached hydrogens (tertiary/aromatic N) is 1. The number of hydrogen-bond donors (Lipinski definition) is 1. The normalized spacial score (nSPS) is 17.7. The van der Waals surface area contributed by atoms with E-state index in [1.54, 1.807) is 6.92 Å². The number of likely N-dealkylation sites (tertiary alicyclic amines) is 1. The number of carbonyl (C=O) groups is 1. The van der Waals surface area contributed by atoms with E-state index in [1.165, 1.54) is 0 Å². The number of carbonyl (C=O) groups excluding carboxylic acids is 1. The maximum absolute atomic E-state index is 11.9. The topological polar surface area (TPSA) is 32.3 Å². The van der Waals surface area contributed by atoms with Gasteiger partial charge in [0, 0.05) is 13.1 Å². The predicted octanol–water partition coefficient (Wildman–Crippen LogP) is 2.17. The second-order valence-corrected chi connectivity index (χ2v) is 6.03. The van der Waals surface area contributed by atoms with Gasteiger partial charge in [0.1, 0.15) is 10.9 Å². The number of thiocarbonyl (C=S) groups is 1. The Morgan fingerprint density at radius 3 is 2.50 bits per heavy atom. The lowest BCUT2D eigenvalue weighted by Gasteiger charge is -2.20. The minimum absolute atomic E-state index is 0.585. The number of thioether (sulfide) groups is 1. The van der Waals surface area contributed by atoms with E-state index in [9.17, 15) is 18.0 Å². The fourth-order valence-corrected chi connectivity index (χ4v) is 2.95. The maximum atomic E-state index is 11.9. The van der Waals surface area contributed by atoms with Crippen molar-refractivity contribution in [3.8, 4) is 0 Å². The SMILES string of the molecule is CC(SC(=S)N1CCCC1)C(=O)NCC(F)(F)F. The van der Waals surface area contributed by atoms with Crippen LogP contribution in [0, 0.1) is 0 Å². The van der Waals surface area contributed by atoms with Gasteiger partial charge in [0.05, 0.1) is 5.25 Å². The highest BCUT2D eigenvalue weighted by molar-refractivity contribution is 8.23. The molecule has 18 heavy (non-hydrogen) atoms.